The van der Waals surface area contributed by atoms with E-state index in [4.69, 9.17) is 14.2 Å². The zero-order chi connectivity index (χ0) is 26.1. The Kier molecular flexibility index (Phi) is 6.53. The van der Waals surface area contributed by atoms with Crippen LogP contribution in [0.5, 0.6) is 5.75 Å². The number of benzene rings is 3. The van der Waals surface area contributed by atoms with Gasteiger partial charge in [0.2, 0.25) is 5.82 Å². The topological polar surface area (TPSA) is 80.5 Å². The summed E-state index contributed by atoms with van der Waals surface area (Å²) in [5.74, 6) is 1.53. The first kappa shape index (κ1) is 24.3. The number of rotatable bonds is 6. The van der Waals surface area contributed by atoms with Crippen LogP contribution in [0.15, 0.2) is 77.0 Å². The second kappa shape index (κ2) is 9.93. The number of aryl methyl sites for hydroxylation is 3. The Morgan fingerprint density at radius 3 is 2.51 bits per heavy atom. The number of ether oxygens (including phenoxy) is 1. The van der Waals surface area contributed by atoms with Gasteiger partial charge in [-0.05, 0) is 67.6 Å². The van der Waals surface area contributed by atoms with Crippen molar-refractivity contribution in [3.8, 4) is 17.1 Å². The molecule has 1 aromatic heterocycles. The Morgan fingerprint density at radius 2 is 1.76 bits per heavy atom. The van der Waals surface area contributed by atoms with Crippen LogP contribution in [0.2, 0.25) is 0 Å². The molecule has 0 bridgehead atoms. The van der Waals surface area contributed by atoms with Crippen LogP contribution in [0.25, 0.3) is 17.0 Å². The molecule has 0 aliphatic carbocycles. The van der Waals surface area contributed by atoms with Crippen molar-refractivity contribution in [3.63, 3.8) is 0 Å². The number of hydrogen-bond acceptors (Lipinski definition) is 5. The predicted molar refractivity (Wildman–Crippen MR) is 143 cm³/mol. The molecule has 0 saturated heterocycles. The maximum Gasteiger partial charge on any atom is 0.322 e. The quantitative estimate of drug-likeness (QED) is 0.337. The fourth-order valence-electron chi connectivity index (χ4n) is 4.61. The number of methoxy groups -OCH3 is 1. The summed E-state index contributed by atoms with van der Waals surface area (Å²) < 4.78 is 11.2. The Hall–Kier alpha value is -4.39. The van der Waals surface area contributed by atoms with Gasteiger partial charge >= 0.3 is 6.03 Å². The molecular weight excluding hydrogens is 464 g/mol. The van der Waals surface area contributed by atoms with E-state index >= 15 is 0 Å². The summed E-state index contributed by atoms with van der Waals surface area (Å²) in [5, 5.41) is 7.46. The number of allylic oxidation sites excluding steroid dienone is 1. The van der Waals surface area contributed by atoms with Gasteiger partial charge in [0.05, 0.1) is 25.3 Å². The number of nitrogens with one attached hydrogen (secondary N) is 1. The van der Waals surface area contributed by atoms with Crippen LogP contribution in [0.4, 0.5) is 4.79 Å². The van der Waals surface area contributed by atoms with E-state index in [1.807, 2.05) is 68.4 Å². The first-order valence-corrected chi connectivity index (χ1v) is 12.2. The van der Waals surface area contributed by atoms with Gasteiger partial charge in [-0.15, -0.1) is 0 Å². The lowest BCUT2D eigenvalue weighted by molar-refractivity contribution is 0.203. The summed E-state index contributed by atoms with van der Waals surface area (Å²) >= 11 is 0. The van der Waals surface area contributed by atoms with E-state index in [1.54, 1.807) is 12.0 Å². The Balaban J connectivity index is 1.62. The largest absolute Gasteiger partial charge is 0.497 e. The van der Waals surface area contributed by atoms with Crippen LogP contribution >= 0.6 is 0 Å². The SMILES string of the molecule is COc1cccc(-c2noc(C3=C(C)N(Cc4ccccc4C)C(=O)NC3c3ccc(C)c(C)c3)n2)c1. The molecular formula is C30H30N4O3. The summed E-state index contributed by atoms with van der Waals surface area (Å²) in [6.45, 7) is 8.56. The van der Waals surface area contributed by atoms with Gasteiger partial charge < -0.3 is 14.6 Å². The molecule has 3 aromatic carbocycles. The molecule has 1 aliphatic rings. The summed E-state index contributed by atoms with van der Waals surface area (Å²) in [4.78, 5) is 19.9. The van der Waals surface area contributed by atoms with E-state index in [2.05, 4.69) is 36.5 Å². The number of hydrogen-bond donors (Lipinski definition) is 1. The van der Waals surface area contributed by atoms with Gasteiger partial charge in [-0.2, -0.15) is 4.98 Å². The molecule has 7 heteroatoms. The maximum absolute atomic E-state index is 13.4. The molecule has 5 rings (SSSR count). The lowest BCUT2D eigenvalue weighted by Gasteiger charge is -2.35. The molecule has 0 fully saturated rings. The van der Waals surface area contributed by atoms with Crippen molar-refractivity contribution < 1.29 is 14.1 Å². The molecule has 4 aromatic rings. The smallest absolute Gasteiger partial charge is 0.322 e. The van der Waals surface area contributed by atoms with Gasteiger partial charge in [-0.25, -0.2) is 4.79 Å². The lowest BCUT2D eigenvalue weighted by Crippen LogP contribution is -2.45. The summed E-state index contributed by atoms with van der Waals surface area (Å²) in [6, 6.07) is 21.2. The Morgan fingerprint density at radius 1 is 0.946 bits per heavy atom. The molecule has 1 N–H and O–H groups in total. The minimum absolute atomic E-state index is 0.166. The zero-order valence-corrected chi connectivity index (χ0v) is 21.7. The summed E-state index contributed by atoms with van der Waals surface area (Å²) in [5.41, 5.74) is 7.83. The molecule has 7 nitrogen and oxygen atoms in total. The molecule has 0 saturated carbocycles. The second-order valence-electron chi connectivity index (χ2n) is 9.39. The monoisotopic (exact) mass is 494 g/mol. The van der Waals surface area contributed by atoms with Crippen molar-refractivity contribution >= 4 is 11.6 Å². The standard InChI is InChI=1S/C30H30N4O3/c1-18-13-14-22(15-20(18)3)27-26(29-32-28(33-37-29)23-11-8-12-25(16-23)36-5)21(4)34(30(35)31-27)17-24-10-7-6-9-19(24)2/h6-16,27H,17H2,1-5H3,(H,31,35). The maximum atomic E-state index is 13.4. The number of carbonyl (C=O) groups excluding carboxylic acids is 1. The second-order valence-corrected chi connectivity index (χ2v) is 9.39. The van der Waals surface area contributed by atoms with E-state index in [-0.39, 0.29) is 6.03 Å². The van der Waals surface area contributed by atoms with Crippen LogP contribution in [0.1, 0.15) is 46.7 Å². The van der Waals surface area contributed by atoms with Crippen molar-refractivity contribution in [2.45, 2.75) is 40.3 Å². The van der Waals surface area contributed by atoms with E-state index < -0.39 is 6.04 Å². The molecule has 2 amide bonds. The van der Waals surface area contributed by atoms with E-state index in [0.717, 1.165) is 39.1 Å². The summed E-state index contributed by atoms with van der Waals surface area (Å²) in [7, 11) is 1.62. The van der Waals surface area contributed by atoms with Gasteiger partial charge in [0.1, 0.15) is 5.75 Å². The number of aromatic nitrogens is 2. The minimum Gasteiger partial charge on any atom is -0.497 e. The molecule has 1 unspecified atom stereocenters. The van der Waals surface area contributed by atoms with Crippen LogP contribution in [0.3, 0.4) is 0 Å². The predicted octanol–water partition coefficient (Wildman–Crippen LogP) is 6.37. The van der Waals surface area contributed by atoms with Crippen molar-refractivity contribution in [2.75, 3.05) is 7.11 Å². The number of carbonyl (C=O) groups is 1. The van der Waals surface area contributed by atoms with Gasteiger partial charge in [0.15, 0.2) is 0 Å². The average molecular weight is 495 g/mol. The van der Waals surface area contributed by atoms with Gasteiger partial charge in [0.25, 0.3) is 5.89 Å². The third-order valence-electron chi connectivity index (χ3n) is 7.03. The first-order valence-electron chi connectivity index (χ1n) is 12.2. The van der Waals surface area contributed by atoms with Crippen molar-refractivity contribution in [2.24, 2.45) is 0 Å². The molecule has 188 valence electrons. The van der Waals surface area contributed by atoms with E-state index in [9.17, 15) is 4.79 Å². The van der Waals surface area contributed by atoms with Gasteiger partial charge in [-0.3, -0.25) is 4.90 Å². The highest BCUT2D eigenvalue weighted by molar-refractivity contribution is 5.87. The fourth-order valence-corrected chi connectivity index (χ4v) is 4.61. The van der Waals surface area contributed by atoms with Crippen molar-refractivity contribution in [1.29, 1.82) is 0 Å². The average Bonchev–Trinajstić information content (AvgIpc) is 3.38. The molecule has 0 radical (unpaired) electrons. The fraction of sp³-hybridized carbons (Fsp3) is 0.233. The highest BCUT2D eigenvalue weighted by Crippen LogP contribution is 2.38. The van der Waals surface area contributed by atoms with E-state index in [0.29, 0.717) is 24.0 Å². The normalized spacial score (nSPS) is 15.6. The highest BCUT2D eigenvalue weighted by Gasteiger charge is 2.36. The zero-order valence-electron chi connectivity index (χ0n) is 21.7. The summed E-state index contributed by atoms with van der Waals surface area (Å²) in [6.07, 6.45) is 0. The van der Waals surface area contributed by atoms with Gasteiger partial charge in [0, 0.05) is 11.3 Å². The van der Waals surface area contributed by atoms with Gasteiger partial charge in [-0.1, -0.05) is 59.8 Å². The molecule has 0 spiro atoms. The minimum atomic E-state index is -0.432. The Labute approximate surface area is 216 Å². The van der Waals surface area contributed by atoms with Crippen LogP contribution < -0.4 is 10.1 Å². The number of nitrogens with zero attached hydrogens (tertiary/aromatic N) is 3. The van der Waals surface area contributed by atoms with Crippen molar-refractivity contribution in [3.05, 3.63) is 106 Å². The lowest BCUT2D eigenvalue weighted by atomic mass is 9.92. The third-order valence-corrected chi connectivity index (χ3v) is 7.03. The van der Waals surface area contributed by atoms with Crippen LogP contribution in [-0.2, 0) is 6.54 Å². The third kappa shape index (κ3) is 4.72. The number of amides is 2. The number of urea groups is 1. The van der Waals surface area contributed by atoms with Crippen molar-refractivity contribution in [1.82, 2.24) is 20.4 Å². The molecule has 2 heterocycles. The van der Waals surface area contributed by atoms with Crippen LogP contribution in [0, 0.1) is 20.8 Å². The Bertz CT molecular complexity index is 1500. The molecule has 37 heavy (non-hydrogen) atoms. The first-order chi connectivity index (χ1) is 17.9. The highest BCUT2D eigenvalue weighted by atomic mass is 16.5. The molecule has 1 aliphatic heterocycles. The van der Waals surface area contributed by atoms with E-state index in [1.165, 1.54) is 5.56 Å². The van der Waals surface area contributed by atoms with Crippen LogP contribution in [-0.4, -0.2) is 28.2 Å². The molecule has 1 atom stereocenters.